The second kappa shape index (κ2) is 73.9. The van der Waals surface area contributed by atoms with E-state index < -0.39 is 26.5 Å². The molecule has 0 heterocycles. The minimum Gasteiger partial charge on any atom is -0.462 e. The van der Waals surface area contributed by atoms with Crippen LogP contribution >= 0.6 is 7.82 Å². The zero-order valence-corrected chi connectivity index (χ0v) is 58.7. The van der Waals surface area contributed by atoms with E-state index >= 15 is 0 Å². The van der Waals surface area contributed by atoms with Gasteiger partial charge in [0.15, 0.2) is 6.10 Å². The zero-order chi connectivity index (χ0) is 65.1. The monoisotopic (exact) mass is 1270 g/mol. The average molecular weight is 1270 g/mol. The highest BCUT2D eigenvalue weighted by Gasteiger charge is 2.26. The molecule has 3 N–H and O–H groups in total. The van der Waals surface area contributed by atoms with Gasteiger partial charge in [0.05, 0.1) is 13.2 Å². The Morgan fingerprint density at radius 3 is 0.911 bits per heavy atom. The second-order valence-corrected chi connectivity index (χ2v) is 25.5. The van der Waals surface area contributed by atoms with Crippen molar-refractivity contribution < 1.29 is 37.6 Å². The van der Waals surface area contributed by atoms with Crippen LogP contribution in [0.25, 0.3) is 0 Å². The Morgan fingerprint density at radius 2 is 0.611 bits per heavy atom. The van der Waals surface area contributed by atoms with Crippen LogP contribution in [0.15, 0.2) is 146 Å². The van der Waals surface area contributed by atoms with Crippen LogP contribution in [0.4, 0.5) is 0 Å². The molecular weight excluding hydrogens is 1130 g/mol. The predicted octanol–water partition coefficient (Wildman–Crippen LogP) is 24.6. The quantitative estimate of drug-likeness (QED) is 0.0264. The van der Waals surface area contributed by atoms with E-state index in [9.17, 15) is 19.0 Å². The molecule has 0 rings (SSSR count). The van der Waals surface area contributed by atoms with E-state index in [1.165, 1.54) is 161 Å². The largest absolute Gasteiger partial charge is 0.472 e. The van der Waals surface area contributed by atoms with Gasteiger partial charge in [-0.05, 0) is 103 Å². The topological polar surface area (TPSA) is 134 Å². The van der Waals surface area contributed by atoms with Crippen LogP contribution in [0.2, 0.25) is 0 Å². The number of hydrogen-bond donors (Lipinski definition) is 2. The van der Waals surface area contributed by atoms with Crippen LogP contribution in [0.3, 0.4) is 0 Å². The van der Waals surface area contributed by atoms with Crippen LogP contribution in [0.5, 0.6) is 0 Å². The fourth-order valence-corrected chi connectivity index (χ4v) is 10.9. The summed E-state index contributed by atoms with van der Waals surface area (Å²) in [4.78, 5) is 35.4. The predicted molar refractivity (Wildman–Crippen MR) is 390 cm³/mol. The van der Waals surface area contributed by atoms with E-state index in [0.717, 1.165) is 122 Å². The molecule has 0 aromatic heterocycles. The van der Waals surface area contributed by atoms with Crippen molar-refractivity contribution in [1.82, 2.24) is 0 Å². The summed E-state index contributed by atoms with van der Waals surface area (Å²) < 4.78 is 33.2. The van der Waals surface area contributed by atoms with Crippen LogP contribution in [0.1, 0.15) is 316 Å². The molecule has 10 heteroatoms. The van der Waals surface area contributed by atoms with Gasteiger partial charge in [0.1, 0.15) is 6.61 Å². The van der Waals surface area contributed by atoms with Gasteiger partial charge in [-0.25, -0.2) is 4.57 Å². The molecule has 0 fully saturated rings. The van der Waals surface area contributed by atoms with Crippen molar-refractivity contribution in [2.24, 2.45) is 5.73 Å². The van der Waals surface area contributed by atoms with Gasteiger partial charge in [0.25, 0.3) is 0 Å². The Labute approximate surface area is 554 Å². The summed E-state index contributed by atoms with van der Waals surface area (Å²) in [5.41, 5.74) is 5.40. The fraction of sp³-hybridized carbons (Fsp3) is 0.675. The number of esters is 2. The Bertz CT molecular complexity index is 1990. The molecule has 0 spiro atoms. The highest BCUT2D eigenvalue weighted by Crippen LogP contribution is 2.43. The van der Waals surface area contributed by atoms with E-state index in [0.29, 0.717) is 6.42 Å². The van der Waals surface area contributed by atoms with E-state index in [-0.39, 0.29) is 38.6 Å². The first-order valence-corrected chi connectivity index (χ1v) is 38.3. The van der Waals surface area contributed by atoms with Crippen molar-refractivity contribution in [3.63, 3.8) is 0 Å². The Hall–Kier alpha value is -4.11. The Kier molecular flexibility index (Phi) is 70.6. The highest BCUT2D eigenvalue weighted by molar-refractivity contribution is 7.47. The molecule has 0 aliphatic heterocycles. The molecule has 0 aliphatic rings. The normalized spacial score (nSPS) is 13.8. The van der Waals surface area contributed by atoms with E-state index in [2.05, 4.69) is 160 Å². The third-order valence-electron chi connectivity index (χ3n) is 15.5. The van der Waals surface area contributed by atoms with Gasteiger partial charge in [-0.2, -0.15) is 0 Å². The molecule has 0 radical (unpaired) electrons. The summed E-state index contributed by atoms with van der Waals surface area (Å²) in [5.74, 6) is -0.854. The van der Waals surface area contributed by atoms with Crippen LogP contribution in [0, 0.1) is 0 Å². The number of phosphoric acid groups is 1. The van der Waals surface area contributed by atoms with Crippen LogP contribution in [-0.4, -0.2) is 49.3 Å². The SMILES string of the molecule is CC/C=C\C/C=C\C/C=C\C/C=C\C/C=C\C/C=C\C/C=C\C/C=C\C/C=C\C/C=C\C/C=C\C/C=C\CCCCCCC(=O)OC(COC(=O)CCCCCCCCCCCCCCCCCCCCCCCCCCCCCC)COP(=O)(O)OCCN. The summed E-state index contributed by atoms with van der Waals surface area (Å²) in [7, 11) is -4.41. The maximum Gasteiger partial charge on any atom is 0.472 e. The van der Waals surface area contributed by atoms with Crippen LogP contribution in [-0.2, 0) is 32.7 Å². The van der Waals surface area contributed by atoms with Gasteiger partial charge in [0.2, 0.25) is 0 Å². The maximum absolute atomic E-state index is 12.8. The molecule has 514 valence electrons. The van der Waals surface area contributed by atoms with Gasteiger partial charge in [-0.15, -0.1) is 0 Å². The van der Waals surface area contributed by atoms with Crippen molar-refractivity contribution >= 4 is 19.8 Å². The molecule has 0 aliphatic carbocycles. The van der Waals surface area contributed by atoms with E-state index in [1.807, 2.05) is 0 Å². The minimum absolute atomic E-state index is 0.0433. The molecular formula is C80H136NO8P. The summed E-state index contributed by atoms with van der Waals surface area (Å²) >= 11 is 0. The molecule has 2 atom stereocenters. The molecule has 9 nitrogen and oxygen atoms in total. The number of phosphoric ester groups is 1. The van der Waals surface area contributed by atoms with Gasteiger partial charge in [-0.3, -0.25) is 18.6 Å². The minimum atomic E-state index is -4.41. The Balaban J connectivity index is 3.98. The number of ether oxygens (including phenoxy) is 2. The number of carbonyl (C=O) groups is 2. The first-order valence-electron chi connectivity index (χ1n) is 36.8. The molecule has 0 aromatic carbocycles. The average Bonchev–Trinajstić information content (AvgIpc) is 3.68. The van der Waals surface area contributed by atoms with E-state index in [4.69, 9.17) is 24.3 Å². The maximum atomic E-state index is 12.8. The molecule has 2 unspecified atom stereocenters. The van der Waals surface area contributed by atoms with Crippen molar-refractivity contribution in [2.75, 3.05) is 26.4 Å². The fourth-order valence-electron chi connectivity index (χ4n) is 10.1. The summed E-state index contributed by atoms with van der Waals surface area (Å²) in [6.45, 7) is 3.63. The lowest BCUT2D eigenvalue weighted by Gasteiger charge is -2.19. The molecule has 90 heavy (non-hydrogen) atoms. The Morgan fingerprint density at radius 1 is 0.344 bits per heavy atom. The van der Waals surface area contributed by atoms with E-state index in [1.54, 1.807) is 0 Å². The number of rotatable bonds is 68. The van der Waals surface area contributed by atoms with Crippen molar-refractivity contribution in [3.8, 4) is 0 Å². The standard InChI is InChI=1S/C80H136NO8P/c1-3-5-7-9-11-13-15-17-19-21-23-25-27-29-31-33-34-35-36-37-38-39-40-41-42-43-44-45-47-49-51-53-55-57-59-61-63-65-67-69-71-73-80(83)89-78(77-88-90(84,85)87-75-74-81)76-86-79(82)72-70-68-66-64-62-60-58-56-54-52-50-48-46-32-30-28-26-24-22-20-18-16-14-12-10-8-6-4-2/h5,7,11,13,17,19,23,25,29,31,34-35,37-38,40-41,43-44,47,49,53,55,59,61,78H,3-4,6,8-10,12,14-16,18,20-22,24,26-28,30,32-33,36,39,42,45-46,48,50-52,54,56-58,60,62-77,81H2,1-2H3,(H,84,85)/b7-5-,13-11-,19-17-,25-23-,31-29-,35-34-,38-37-,41-40-,44-43-,49-47-,55-53-,61-59-. The van der Waals surface area contributed by atoms with Gasteiger partial charge < -0.3 is 20.1 Å². The molecule has 0 aromatic rings. The lowest BCUT2D eigenvalue weighted by Crippen LogP contribution is -2.29. The van der Waals surface area contributed by atoms with Crippen molar-refractivity contribution in [3.05, 3.63) is 146 Å². The smallest absolute Gasteiger partial charge is 0.462 e. The zero-order valence-electron chi connectivity index (χ0n) is 57.8. The third-order valence-corrected chi connectivity index (χ3v) is 16.5. The highest BCUT2D eigenvalue weighted by atomic mass is 31.2. The van der Waals surface area contributed by atoms with Crippen LogP contribution < -0.4 is 5.73 Å². The summed E-state index contributed by atoms with van der Waals surface area (Å²) in [6.07, 6.45) is 107. The lowest BCUT2D eigenvalue weighted by atomic mass is 10.0. The van der Waals surface area contributed by atoms with Crippen molar-refractivity contribution in [1.29, 1.82) is 0 Å². The van der Waals surface area contributed by atoms with Gasteiger partial charge >= 0.3 is 19.8 Å². The summed E-state index contributed by atoms with van der Waals surface area (Å²) in [5, 5.41) is 0. The number of carbonyl (C=O) groups excluding carboxylic acids is 2. The summed E-state index contributed by atoms with van der Waals surface area (Å²) in [6, 6.07) is 0. The number of allylic oxidation sites excluding steroid dienone is 24. The first kappa shape index (κ1) is 85.9. The first-order chi connectivity index (χ1) is 44.3. The van der Waals surface area contributed by atoms with Gasteiger partial charge in [-0.1, -0.05) is 346 Å². The number of unbranched alkanes of at least 4 members (excludes halogenated alkanes) is 31. The third kappa shape index (κ3) is 72.9. The molecule has 0 saturated carbocycles. The number of nitrogens with two attached hydrogens (primary N) is 1. The molecule has 0 bridgehead atoms. The number of hydrogen-bond acceptors (Lipinski definition) is 8. The molecule has 0 saturated heterocycles. The van der Waals surface area contributed by atoms with Gasteiger partial charge in [0, 0.05) is 19.4 Å². The lowest BCUT2D eigenvalue weighted by molar-refractivity contribution is -0.161. The second-order valence-electron chi connectivity index (χ2n) is 24.1. The van der Waals surface area contributed by atoms with Crippen molar-refractivity contribution in [2.45, 2.75) is 322 Å². The molecule has 0 amide bonds.